The zero-order chi connectivity index (χ0) is 16.6. The summed E-state index contributed by atoms with van der Waals surface area (Å²) in [6.45, 7) is 5.70. The van der Waals surface area contributed by atoms with E-state index in [0.717, 1.165) is 18.4 Å². The van der Waals surface area contributed by atoms with Crippen molar-refractivity contribution in [2.24, 2.45) is 0 Å². The number of fused-ring (bicyclic) bond motifs is 5. The summed E-state index contributed by atoms with van der Waals surface area (Å²) in [5.74, 6) is -0.0314. The Balaban J connectivity index is 2.00. The highest BCUT2D eigenvalue weighted by molar-refractivity contribution is 5.61. The third-order valence-corrected chi connectivity index (χ3v) is 5.15. The van der Waals surface area contributed by atoms with Gasteiger partial charge in [0.25, 0.3) is 0 Å². The van der Waals surface area contributed by atoms with E-state index in [1.54, 1.807) is 6.07 Å². The van der Waals surface area contributed by atoms with E-state index < -0.39 is 11.2 Å². The first kappa shape index (κ1) is 14.1. The zero-order valence-corrected chi connectivity index (χ0v) is 13.2. The lowest BCUT2D eigenvalue weighted by Crippen LogP contribution is -2.17. The van der Waals surface area contributed by atoms with E-state index in [1.165, 1.54) is 10.8 Å². The van der Waals surface area contributed by atoms with Crippen molar-refractivity contribution >= 4 is 0 Å². The number of hydrogen-bond acceptors (Lipinski definition) is 5. The Morgan fingerprint density at radius 1 is 1.22 bits per heavy atom. The second kappa shape index (κ2) is 4.06. The minimum Gasteiger partial charge on any atom is -0.494 e. The van der Waals surface area contributed by atoms with Crippen molar-refractivity contribution in [3.63, 3.8) is 0 Å². The van der Waals surface area contributed by atoms with Crippen LogP contribution in [0.4, 0.5) is 0 Å². The second-order valence-electron chi connectivity index (χ2n) is 6.76. The highest BCUT2D eigenvalue weighted by Gasteiger charge is 2.59. The Kier molecular flexibility index (Phi) is 2.49. The number of nitrogens with zero attached hydrogens (tertiary/aromatic N) is 3. The smallest absolute Gasteiger partial charge is 0.205 e. The van der Waals surface area contributed by atoms with Gasteiger partial charge in [-0.3, -0.25) is 0 Å². The molecule has 4 rings (SSSR count). The predicted molar refractivity (Wildman–Crippen MR) is 81.4 cm³/mol. The van der Waals surface area contributed by atoms with Crippen LogP contribution in [-0.4, -0.2) is 19.8 Å². The highest BCUT2D eigenvalue weighted by Crippen LogP contribution is 2.64. The van der Waals surface area contributed by atoms with Crippen LogP contribution in [0.15, 0.2) is 12.3 Å². The molecule has 6 heteroatoms. The molecule has 2 N–H and O–H groups in total. The third kappa shape index (κ3) is 1.57. The van der Waals surface area contributed by atoms with Crippen molar-refractivity contribution in [1.82, 2.24) is 9.55 Å². The minimum absolute atomic E-state index is 0.0157. The van der Waals surface area contributed by atoms with Crippen LogP contribution in [0, 0.1) is 18.3 Å². The number of pyridine rings is 1. The van der Waals surface area contributed by atoms with Gasteiger partial charge in [-0.1, -0.05) is 0 Å². The highest BCUT2D eigenvalue weighted by atomic mass is 16.5. The normalized spacial score (nSPS) is 27.9. The van der Waals surface area contributed by atoms with Gasteiger partial charge in [-0.05, 0) is 45.2 Å². The summed E-state index contributed by atoms with van der Waals surface area (Å²) in [5.41, 5.74) is 1.77. The van der Waals surface area contributed by atoms with E-state index in [4.69, 9.17) is 10.00 Å². The van der Waals surface area contributed by atoms with Gasteiger partial charge in [0, 0.05) is 0 Å². The minimum atomic E-state index is -0.579. The maximum Gasteiger partial charge on any atom is 0.205 e. The van der Waals surface area contributed by atoms with Gasteiger partial charge in [0.1, 0.15) is 11.8 Å². The first-order valence-electron chi connectivity index (χ1n) is 7.55. The van der Waals surface area contributed by atoms with Crippen LogP contribution in [0.25, 0.3) is 5.69 Å². The molecule has 0 amide bonds. The molecule has 2 bridgehead atoms. The number of aryl methyl sites for hydroxylation is 1. The molecular formula is C17H17N3O3. The van der Waals surface area contributed by atoms with Gasteiger partial charge in [0.15, 0.2) is 0 Å². The molecule has 2 aliphatic rings. The maximum atomic E-state index is 10.8. The largest absolute Gasteiger partial charge is 0.494 e. The van der Waals surface area contributed by atoms with E-state index in [1.807, 2.05) is 26.8 Å². The molecule has 0 aliphatic carbocycles. The van der Waals surface area contributed by atoms with E-state index in [0.29, 0.717) is 22.5 Å². The van der Waals surface area contributed by atoms with Gasteiger partial charge in [-0.15, -0.1) is 0 Å². The van der Waals surface area contributed by atoms with Crippen LogP contribution < -0.4 is 0 Å². The molecule has 6 nitrogen and oxygen atoms in total. The Morgan fingerprint density at radius 2 is 1.78 bits per heavy atom. The summed E-state index contributed by atoms with van der Waals surface area (Å²) < 4.78 is 7.49. The molecule has 4 heterocycles. The van der Waals surface area contributed by atoms with Crippen LogP contribution in [0.5, 0.6) is 11.8 Å². The molecule has 23 heavy (non-hydrogen) atoms. The summed E-state index contributed by atoms with van der Waals surface area (Å²) >= 11 is 0. The van der Waals surface area contributed by atoms with E-state index in [2.05, 4.69) is 4.98 Å². The van der Waals surface area contributed by atoms with Crippen molar-refractivity contribution in [1.29, 1.82) is 5.26 Å². The summed E-state index contributed by atoms with van der Waals surface area (Å²) in [6, 6.07) is 3.62. The third-order valence-electron chi connectivity index (χ3n) is 5.15. The second-order valence-corrected chi connectivity index (χ2v) is 6.76. The molecule has 0 saturated carbocycles. The number of aromatic nitrogens is 2. The summed E-state index contributed by atoms with van der Waals surface area (Å²) in [6.07, 6.45) is 3.10. The molecule has 0 radical (unpaired) electrons. The Labute approximate surface area is 133 Å². The van der Waals surface area contributed by atoms with Gasteiger partial charge in [-0.2, -0.15) is 5.26 Å². The molecule has 0 unspecified atom stereocenters. The fraction of sp³-hybridized carbons (Fsp3) is 0.412. The van der Waals surface area contributed by atoms with Crippen LogP contribution in [0.2, 0.25) is 0 Å². The Bertz CT molecular complexity index is 856. The average molecular weight is 311 g/mol. The average Bonchev–Trinajstić information content (AvgIpc) is 3.04. The monoisotopic (exact) mass is 311 g/mol. The van der Waals surface area contributed by atoms with Crippen LogP contribution in [0.1, 0.15) is 49.1 Å². The zero-order valence-electron chi connectivity index (χ0n) is 13.2. The van der Waals surface area contributed by atoms with Crippen LogP contribution in [0.3, 0.4) is 0 Å². The standard InChI is InChI=1S/C17H17N3O3/c1-9-6-10(7-18)19-8-11(9)20-14(21)12-13(15(20)22)17(3)5-4-16(12,2)23-17/h6,8,21-22H,4-5H2,1-3H3/t16-,17+. The molecule has 1 saturated heterocycles. The summed E-state index contributed by atoms with van der Waals surface area (Å²) in [7, 11) is 0. The Hall–Kier alpha value is -2.52. The van der Waals surface area contributed by atoms with Gasteiger partial charge >= 0.3 is 0 Å². The molecule has 1 fully saturated rings. The lowest BCUT2D eigenvalue weighted by molar-refractivity contribution is -0.0683. The number of nitriles is 1. The van der Waals surface area contributed by atoms with Crippen molar-refractivity contribution < 1.29 is 14.9 Å². The first-order chi connectivity index (χ1) is 10.8. The molecule has 118 valence electrons. The molecule has 0 aromatic carbocycles. The predicted octanol–water partition coefficient (Wildman–Crippen LogP) is 2.72. The number of ether oxygens (including phenoxy) is 1. The molecule has 2 atom stereocenters. The summed E-state index contributed by atoms with van der Waals surface area (Å²) in [4.78, 5) is 4.05. The molecule has 2 aromatic rings. The maximum absolute atomic E-state index is 10.8. The number of rotatable bonds is 1. The molecule has 2 aliphatic heterocycles. The fourth-order valence-corrected chi connectivity index (χ4v) is 4.05. The van der Waals surface area contributed by atoms with Gasteiger partial charge in [0.05, 0.1) is 34.2 Å². The molecule has 0 spiro atoms. The van der Waals surface area contributed by atoms with Crippen LogP contribution in [-0.2, 0) is 15.9 Å². The van der Waals surface area contributed by atoms with Crippen molar-refractivity contribution in [3.8, 4) is 23.5 Å². The fourth-order valence-electron chi connectivity index (χ4n) is 4.05. The van der Waals surface area contributed by atoms with Crippen molar-refractivity contribution in [3.05, 3.63) is 34.6 Å². The molecule has 2 aromatic heterocycles. The number of hydrogen-bond donors (Lipinski definition) is 2. The topological polar surface area (TPSA) is 91.3 Å². The lowest BCUT2D eigenvalue weighted by Gasteiger charge is -2.21. The Morgan fingerprint density at radius 3 is 2.26 bits per heavy atom. The summed E-state index contributed by atoms with van der Waals surface area (Å²) in [5, 5.41) is 30.5. The van der Waals surface area contributed by atoms with E-state index in [-0.39, 0.29) is 11.8 Å². The number of aromatic hydroxyl groups is 2. The van der Waals surface area contributed by atoms with Gasteiger partial charge < -0.3 is 14.9 Å². The van der Waals surface area contributed by atoms with Crippen molar-refractivity contribution in [2.45, 2.75) is 44.8 Å². The first-order valence-corrected chi connectivity index (χ1v) is 7.55. The van der Waals surface area contributed by atoms with E-state index in [9.17, 15) is 10.2 Å². The SMILES string of the molecule is Cc1cc(C#N)ncc1-n1c(O)c2c(c1O)[C@]1(C)CC[C@@]2(C)O1. The van der Waals surface area contributed by atoms with Gasteiger partial charge in [-0.25, -0.2) is 9.55 Å². The molecular weight excluding hydrogens is 294 g/mol. The quantitative estimate of drug-likeness (QED) is 0.845. The van der Waals surface area contributed by atoms with E-state index >= 15 is 0 Å². The van der Waals surface area contributed by atoms with Gasteiger partial charge in [0.2, 0.25) is 11.8 Å². The van der Waals surface area contributed by atoms with Crippen LogP contribution >= 0.6 is 0 Å². The van der Waals surface area contributed by atoms with Crippen molar-refractivity contribution in [2.75, 3.05) is 0 Å². The lowest BCUT2D eigenvalue weighted by atomic mass is 9.80.